The average Bonchev–Trinajstić information content (AvgIpc) is 2.84. The summed E-state index contributed by atoms with van der Waals surface area (Å²) in [4.78, 5) is 14.7. The Kier molecular flexibility index (Phi) is 3.75. The van der Waals surface area contributed by atoms with Crippen LogP contribution in [-0.4, -0.2) is 26.4 Å². The van der Waals surface area contributed by atoms with Crippen molar-refractivity contribution in [3.63, 3.8) is 0 Å². The number of carbonyl (C=O) groups is 1. The van der Waals surface area contributed by atoms with E-state index >= 15 is 0 Å². The van der Waals surface area contributed by atoms with Crippen LogP contribution in [0.3, 0.4) is 0 Å². The fraction of sp³-hybridized carbons (Fsp3) is 0.333. The Hall–Kier alpha value is -1.41. The van der Waals surface area contributed by atoms with E-state index in [4.69, 9.17) is 5.11 Å². The number of hydrogen-bond donors (Lipinski definition) is 1. The van der Waals surface area contributed by atoms with Gasteiger partial charge < -0.3 is 5.11 Å². The molecule has 0 aliphatic carbocycles. The topological polar surface area (TPSA) is 89.1 Å². The summed E-state index contributed by atoms with van der Waals surface area (Å²) in [6.45, 7) is 1.82. The number of aliphatic carboxylic acids is 1. The van der Waals surface area contributed by atoms with Crippen molar-refractivity contribution < 1.29 is 14.5 Å². The van der Waals surface area contributed by atoms with Gasteiger partial charge in [-0.2, -0.15) is 0 Å². The minimum atomic E-state index is -0.872. The quantitative estimate of drug-likeness (QED) is 0.828. The molecule has 1 N–H and O–H groups in total. The highest BCUT2D eigenvalue weighted by Crippen LogP contribution is 2.26. The van der Waals surface area contributed by atoms with Crippen LogP contribution in [0.2, 0.25) is 0 Å². The van der Waals surface area contributed by atoms with E-state index in [-0.39, 0.29) is 6.42 Å². The van der Waals surface area contributed by atoms with Crippen molar-refractivity contribution in [2.75, 3.05) is 0 Å². The maximum absolute atomic E-state index is 10.5. The van der Waals surface area contributed by atoms with Gasteiger partial charge in [0.1, 0.15) is 11.4 Å². The van der Waals surface area contributed by atoms with Crippen molar-refractivity contribution in [1.29, 1.82) is 0 Å². The Morgan fingerprint density at radius 2 is 2.41 bits per heavy atom. The first kappa shape index (κ1) is 12.1. The summed E-state index contributed by atoms with van der Waals surface area (Å²) in [6, 6.07) is 0. The first-order valence-electron chi connectivity index (χ1n) is 4.72. The van der Waals surface area contributed by atoms with Gasteiger partial charge in [-0.1, -0.05) is 22.1 Å². The van der Waals surface area contributed by atoms with Gasteiger partial charge >= 0.3 is 5.97 Å². The van der Waals surface area contributed by atoms with Gasteiger partial charge in [0.25, 0.3) is 0 Å². The van der Waals surface area contributed by atoms with E-state index in [1.807, 2.05) is 6.92 Å². The van der Waals surface area contributed by atoms with Crippen molar-refractivity contribution in [3.05, 3.63) is 22.5 Å². The molecule has 0 saturated heterocycles. The summed E-state index contributed by atoms with van der Waals surface area (Å²) in [5.41, 5.74) is 2.13. The number of carboxylic acid groups (broad SMARTS) is 1. The van der Waals surface area contributed by atoms with Crippen LogP contribution in [-0.2, 0) is 17.0 Å². The van der Waals surface area contributed by atoms with E-state index in [1.165, 1.54) is 23.1 Å². The summed E-state index contributed by atoms with van der Waals surface area (Å²) in [6.07, 6.45) is -0.0401. The molecule has 0 atom stereocenters. The van der Waals surface area contributed by atoms with E-state index in [2.05, 4.69) is 19.9 Å². The van der Waals surface area contributed by atoms with Gasteiger partial charge in [0.15, 0.2) is 4.34 Å². The molecule has 0 unspecified atom stereocenters. The van der Waals surface area contributed by atoms with Crippen molar-refractivity contribution in [2.24, 2.45) is 0 Å². The maximum atomic E-state index is 10.5. The van der Waals surface area contributed by atoms with Crippen LogP contribution in [0.5, 0.6) is 0 Å². The molecular formula is C9H9N3O3S2. The van der Waals surface area contributed by atoms with Gasteiger partial charge in [0.05, 0.1) is 12.1 Å². The zero-order valence-electron chi connectivity index (χ0n) is 8.91. The number of hydrogen-bond acceptors (Lipinski definition) is 7. The zero-order chi connectivity index (χ0) is 12.3. The molecule has 0 radical (unpaired) electrons. The van der Waals surface area contributed by atoms with E-state index in [9.17, 15) is 4.79 Å². The second kappa shape index (κ2) is 5.28. The molecule has 8 heteroatoms. The summed E-state index contributed by atoms with van der Waals surface area (Å²) >= 11 is 2.92. The molecule has 0 spiro atoms. The van der Waals surface area contributed by atoms with Crippen LogP contribution in [0.4, 0.5) is 0 Å². The molecule has 90 valence electrons. The lowest BCUT2D eigenvalue weighted by Gasteiger charge is -1.93. The molecular weight excluding hydrogens is 262 g/mol. The SMILES string of the molecule is Cc1nonc1CSc1nc(CC(=O)O)cs1. The summed E-state index contributed by atoms with van der Waals surface area (Å²) in [7, 11) is 0. The van der Waals surface area contributed by atoms with Gasteiger partial charge in [-0.15, -0.1) is 11.3 Å². The number of aryl methyl sites for hydroxylation is 1. The van der Waals surface area contributed by atoms with Crippen LogP contribution in [0.1, 0.15) is 17.1 Å². The molecule has 2 rings (SSSR count). The van der Waals surface area contributed by atoms with Crippen LogP contribution in [0.25, 0.3) is 0 Å². The highest BCUT2D eigenvalue weighted by molar-refractivity contribution is 8.00. The Labute approximate surface area is 105 Å². The number of thiazole rings is 1. The molecule has 0 aliphatic rings. The van der Waals surface area contributed by atoms with E-state index in [1.54, 1.807) is 5.38 Å². The third-order valence-electron chi connectivity index (χ3n) is 1.94. The normalized spacial score (nSPS) is 10.6. The predicted molar refractivity (Wildman–Crippen MR) is 62.0 cm³/mol. The average molecular weight is 271 g/mol. The maximum Gasteiger partial charge on any atom is 0.309 e. The minimum Gasteiger partial charge on any atom is -0.481 e. The monoisotopic (exact) mass is 271 g/mol. The summed E-state index contributed by atoms with van der Waals surface area (Å²) in [5.74, 6) is -0.251. The molecule has 0 bridgehead atoms. The van der Waals surface area contributed by atoms with E-state index < -0.39 is 5.97 Å². The van der Waals surface area contributed by atoms with E-state index in [0.29, 0.717) is 11.4 Å². The first-order chi connectivity index (χ1) is 8.15. The molecule has 0 aliphatic heterocycles. The van der Waals surface area contributed by atoms with Crippen molar-refractivity contribution in [2.45, 2.75) is 23.4 Å². The number of rotatable bonds is 5. The second-order valence-corrected chi connectivity index (χ2v) is 5.34. The van der Waals surface area contributed by atoms with Gasteiger partial charge in [-0.25, -0.2) is 9.61 Å². The molecule has 6 nitrogen and oxygen atoms in total. The lowest BCUT2D eigenvalue weighted by molar-refractivity contribution is -0.136. The third kappa shape index (κ3) is 3.27. The van der Waals surface area contributed by atoms with Crippen molar-refractivity contribution >= 4 is 29.1 Å². The number of aromatic nitrogens is 3. The minimum absolute atomic E-state index is 0.0401. The van der Waals surface area contributed by atoms with Gasteiger partial charge in [-0.3, -0.25) is 4.79 Å². The highest BCUT2D eigenvalue weighted by atomic mass is 32.2. The van der Waals surface area contributed by atoms with Crippen LogP contribution in [0.15, 0.2) is 14.3 Å². The lowest BCUT2D eigenvalue weighted by Crippen LogP contribution is -1.99. The molecule has 2 aromatic rings. The molecule has 17 heavy (non-hydrogen) atoms. The lowest BCUT2D eigenvalue weighted by atomic mass is 10.3. The van der Waals surface area contributed by atoms with Crippen LogP contribution < -0.4 is 0 Å². The van der Waals surface area contributed by atoms with Crippen LogP contribution >= 0.6 is 23.1 Å². The number of nitrogens with zero attached hydrogens (tertiary/aromatic N) is 3. The Bertz CT molecular complexity index is 523. The zero-order valence-corrected chi connectivity index (χ0v) is 10.5. The Morgan fingerprint density at radius 3 is 3.06 bits per heavy atom. The molecule has 0 saturated carbocycles. The van der Waals surface area contributed by atoms with E-state index in [0.717, 1.165) is 15.7 Å². The largest absolute Gasteiger partial charge is 0.481 e. The highest BCUT2D eigenvalue weighted by Gasteiger charge is 2.09. The third-order valence-corrected chi connectivity index (χ3v) is 4.02. The predicted octanol–water partition coefficient (Wildman–Crippen LogP) is 1.75. The molecule has 0 aromatic carbocycles. The second-order valence-electron chi connectivity index (χ2n) is 3.26. The van der Waals surface area contributed by atoms with Crippen molar-refractivity contribution in [1.82, 2.24) is 15.3 Å². The number of thioether (sulfide) groups is 1. The summed E-state index contributed by atoms with van der Waals surface area (Å²) in [5, 5.41) is 17.8. The molecule has 2 aromatic heterocycles. The van der Waals surface area contributed by atoms with Gasteiger partial charge in [0, 0.05) is 11.1 Å². The Balaban J connectivity index is 1.93. The fourth-order valence-electron chi connectivity index (χ4n) is 1.10. The molecule has 0 fully saturated rings. The number of carboxylic acids is 1. The van der Waals surface area contributed by atoms with Gasteiger partial charge in [-0.05, 0) is 6.92 Å². The standard InChI is InChI=1S/C9H9N3O3S2/c1-5-7(12-15-11-5)4-17-9-10-6(3-16-9)2-8(13)14/h3H,2,4H2,1H3,(H,13,14). The summed E-state index contributed by atoms with van der Waals surface area (Å²) < 4.78 is 5.41. The smallest absolute Gasteiger partial charge is 0.309 e. The first-order valence-corrected chi connectivity index (χ1v) is 6.58. The van der Waals surface area contributed by atoms with Gasteiger partial charge in [0.2, 0.25) is 0 Å². The Morgan fingerprint density at radius 1 is 1.59 bits per heavy atom. The fourth-order valence-corrected chi connectivity index (χ4v) is 2.94. The molecule has 0 amide bonds. The van der Waals surface area contributed by atoms with Crippen LogP contribution in [0, 0.1) is 6.92 Å². The van der Waals surface area contributed by atoms with Crippen molar-refractivity contribution in [3.8, 4) is 0 Å². The molecule has 2 heterocycles.